The lowest BCUT2D eigenvalue weighted by Crippen LogP contribution is -2.64. The third-order valence-electron chi connectivity index (χ3n) is 7.98. The Balaban J connectivity index is 1.49. The van der Waals surface area contributed by atoms with Gasteiger partial charge < -0.3 is 14.8 Å². The van der Waals surface area contributed by atoms with Gasteiger partial charge >= 0.3 is 0 Å². The Hall–Kier alpha value is -3.08. The number of carbonyl (C=O) groups excluding carboxylic acids is 2. The molecule has 0 radical (unpaired) electrons. The average molecular weight is 442 g/mol. The van der Waals surface area contributed by atoms with Gasteiger partial charge in [0.2, 0.25) is 11.8 Å². The van der Waals surface area contributed by atoms with Crippen molar-refractivity contribution in [1.29, 1.82) is 0 Å². The number of H-pyrrole nitrogens is 1. The highest BCUT2D eigenvalue weighted by Crippen LogP contribution is 2.43. The number of nitrogens with one attached hydrogen (secondary N) is 1. The molecular formula is C28H31N3O2. The minimum atomic E-state index is -0.437. The first-order valence-corrected chi connectivity index (χ1v) is 12.3. The number of aromatic amines is 1. The Labute approximate surface area is 194 Å². The normalized spacial score (nSPS) is 23.5. The largest absolute Gasteiger partial charge is 0.356 e. The number of piperazine rings is 1. The number of nitrogens with zero attached hydrogens (tertiary/aromatic N) is 2. The van der Waals surface area contributed by atoms with Gasteiger partial charge in [0.25, 0.3) is 0 Å². The predicted octanol–water partition coefficient (Wildman–Crippen LogP) is 4.92. The van der Waals surface area contributed by atoms with Crippen molar-refractivity contribution in [3.8, 4) is 0 Å². The standard InChI is InChI=1S/C28H31N3O2/c1-17(2)18-11-13-19(14-12-18)27-26-22(21-9-5-6-10-23(21)29-26)15-24-28(33)30(16-25(32)31(24)27)20-7-3-4-8-20/h5-6,9-14,17,20,24,27,29H,3-4,7-8,15-16H2,1-2H3/t24-,27-/m0/s1. The molecule has 5 heteroatoms. The second kappa shape index (κ2) is 7.75. The van der Waals surface area contributed by atoms with Gasteiger partial charge in [-0.15, -0.1) is 0 Å². The molecule has 2 atom stereocenters. The van der Waals surface area contributed by atoms with Crippen LogP contribution in [0, 0.1) is 0 Å². The first-order valence-electron chi connectivity index (χ1n) is 12.3. The molecule has 2 fully saturated rings. The molecule has 1 saturated carbocycles. The second-order valence-electron chi connectivity index (χ2n) is 10.2. The van der Waals surface area contributed by atoms with Crippen LogP contribution in [0.1, 0.15) is 73.9 Å². The zero-order valence-corrected chi connectivity index (χ0v) is 19.4. The lowest BCUT2D eigenvalue weighted by molar-refractivity contribution is -0.160. The van der Waals surface area contributed by atoms with Crippen LogP contribution in [0.3, 0.4) is 0 Å². The lowest BCUT2D eigenvalue weighted by Gasteiger charge is -2.48. The van der Waals surface area contributed by atoms with Gasteiger partial charge in [-0.2, -0.15) is 0 Å². The molecule has 170 valence electrons. The van der Waals surface area contributed by atoms with Gasteiger partial charge in [0.1, 0.15) is 12.6 Å². The summed E-state index contributed by atoms with van der Waals surface area (Å²) < 4.78 is 0. The van der Waals surface area contributed by atoms with Crippen molar-refractivity contribution in [2.75, 3.05) is 6.54 Å². The molecule has 1 saturated heterocycles. The van der Waals surface area contributed by atoms with Gasteiger partial charge in [0, 0.05) is 29.1 Å². The number of benzene rings is 2. The molecule has 1 aliphatic carbocycles. The van der Waals surface area contributed by atoms with Crippen molar-refractivity contribution in [2.24, 2.45) is 0 Å². The topological polar surface area (TPSA) is 56.4 Å². The number of hydrogen-bond acceptors (Lipinski definition) is 2. The third-order valence-corrected chi connectivity index (χ3v) is 7.98. The summed E-state index contributed by atoms with van der Waals surface area (Å²) in [5, 5.41) is 1.16. The summed E-state index contributed by atoms with van der Waals surface area (Å²) in [4.78, 5) is 34.8. The van der Waals surface area contributed by atoms with Gasteiger partial charge in [-0.05, 0) is 41.5 Å². The van der Waals surface area contributed by atoms with Crippen molar-refractivity contribution in [1.82, 2.24) is 14.8 Å². The van der Waals surface area contributed by atoms with Gasteiger partial charge in [0.05, 0.1) is 6.04 Å². The molecule has 2 amide bonds. The molecule has 1 N–H and O–H groups in total. The van der Waals surface area contributed by atoms with Gasteiger partial charge in [0.15, 0.2) is 0 Å². The Morgan fingerprint density at radius 1 is 0.970 bits per heavy atom. The van der Waals surface area contributed by atoms with E-state index in [9.17, 15) is 9.59 Å². The Bertz CT molecular complexity index is 1220. The van der Waals surface area contributed by atoms with Crippen LogP contribution >= 0.6 is 0 Å². The van der Waals surface area contributed by atoms with E-state index >= 15 is 0 Å². The molecule has 6 rings (SSSR count). The van der Waals surface area contributed by atoms with Gasteiger partial charge in [-0.25, -0.2) is 0 Å². The van der Waals surface area contributed by atoms with E-state index in [0.717, 1.165) is 47.8 Å². The maximum Gasteiger partial charge on any atom is 0.246 e. The third kappa shape index (κ3) is 3.20. The molecule has 3 aromatic rings. The first-order chi connectivity index (χ1) is 16.0. The van der Waals surface area contributed by atoms with Crippen LogP contribution in [0.2, 0.25) is 0 Å². The zero-order valence-electron chi connectivity index (χ0n) is 19.4. The van der Waals surface area contributed by atoms with E-state index in [2.05, 4.69) is 55.2 Å². The van der Waals surface area contributed by atoms with Crippen LogP contribution in [0.15, 0.2) is 48.5 Å². The van der Waals surface area contributed by atoms with E-state index in [1.54, 1.807) is 0 Å². The van der Waals surface area contributed by atoms with Crippen molar-refractivity contribution < 1.29 is 9.59 Å². The number of aromatic nitrogens is 1. The molecule has 0 unspecified atom stereocenters. The van der Waals surface area contributed by atoms with E-state index < -0.39 is 6.04 Å². The number of rotatable bonds is 3. The van der Waals surface area contributed by atoms with Crippen LogP contribution in [-0.2, 0) is 16.0 Å². The van der Waals surface area contributed by atoms with Crippen molar-refractivity contribution >= 4 is 22.7 Å². The second-order valence-corrected chi connectivity index (χ2v) is 10.2. The van der Waals surface area contributed by atoms with Crippen molar-refractivity contribution in [3.63, 3.8) is 0 Å². The van der Waals surface area contributed by atoms with E-state index in [1.165, 1.54) is 11.1 Å². The first kappa shape index (κ1) is 20.5. The van der Waals surface area contributed by atoms with E-state index in [-0.39, 0.29) is 30.4 Å². The number of hydrogen-bond donors (Lipinski definition) is 1. The summed E-state index contributed by atoms with van der Waals surface area (Å²) in [5.74, 6) is 0.634. The number of carbonyl (C=O) groups is 2. The smallest absolute Gasteiger partial charge is 0.246 e. The summed E-state index contributed by atoms with van der Waals surface area (Å²) in [6.07, 6.45) is 4.91. The summed E-state index contributed by atoms with van der Waals surface area (Å²) in [6, 6.07) is 16.4. The number of amides is 2. The van der Waals surface area contributed by atoms with Crippen LogP contribution in [0.5, 0.6) is 0 Å². The summed E-state index contributed by atoms with van der Waals surface area (Å²) in [5.41, 5.74) is 5.64. The molecule has 2 aromatic carbocycles. The average Bonchev–Trinajstić information content (AvgIpc) is 3.48. The highest BCUT2D eigenvalue weighted by molar-refractivity contribution is 5.97. The fourth-order valence-electron chi connectivity index (χ4n) is 6.22. The molecule has 0 bridgehead atoms. The molecule has 0 spiro atoms. The predicted molar refractivity (Wildman–Crippen MR) is 129 cm³/mol. The Kier molecular flexibility index (Phi) is 4.82. The molecule has 1 aromatic heterocycles. The summed E-state index contributed by atoms with van der Waals surface area (Å²) in [7, 11) is 0. The Morgan fingerprint density at radius 2 is 1.70 bits per heavy atom. The lowest BCUT2D eigenvalue weighted by atomic mass is 9.85. The minimum absolute atomic E-state index is 0.0637. The van der Waals surface area contributed by atoms with Crippen LogP contribution < -0.4 is 0 Å². The van der Waals surface area contributed by atoms with Crippen LogP contribution in [0.4, 0.5) is 0 Å². The highest BCUT2D eigenvalue weighted by Gasteiger charge is 2.49. The Morgan fingerprint density at radius 3 is 2.42 bits per heavy atom. The van der Waals surface area contributed by atoms with E-state index in [0.29, 0.717) is 12.3 Å². The van der Waals surface area contributed by atoms with Crippen molar-refractivity contribution in [3.05, 3.63) is 70.9 Å². The molecular weight excluding hydrogens is 410 g/mol. The molecule has 3 aliphatic rings. The maximum atomic E-state index is 13.8. The SMILES string of the molecule is CC(C)c1ccc([C@H]2c3[nH]c4ccccc4c3C[C@H]3C(=O)N(C4CCCC4)CC(=O)N23)cc1. The summed E-state index contributed by atoms with van der Waals surface area (Å²) >= 11 is 0. The zero-order chi connectivity index (χ0) is 22.7. The van der Waals surface area contributed by atoms with E-state index in [4.69, 9.17) is 0 Å². The van der Waals surface area contributed by atoms with Crippen molar-refractivity contribution in [2.45, 2.75) is 70.0 Å². The van der Waals surface area contributed by atoms with E-state index in [1.807, 2.05) is 21.9 Å². The molecule has 33 heavy (non-hydrogen) atoms. The fraction of sp³-hybridized carbons (Fsp3) is 0.429. The molecule has 2 aliphatic heterocycles. The monoisotopic (exact) mass is 441 g/mol. The summed E-state index contributed by atoms with van der Waals surface area (Å²) in [6.45, 7) is 4.58. The number of fused-ring (bicyclic) bond motifs is 4. The number of para-hydroxylation sites is 1. The highest BCUT2D eigenvalue weighted by atomic mass is 16.2. The van der Waals surface area contributed by atoms with Crippen LogP contribution in [-0.4, -0.2) is 45.2 Å². The van der Waals surface area contributed by atoms with Gasteiger partial charge in [-0.1, -0.05) is 69.2 Å². The molecule has 3 heterocycles. The molecule has 5 nitrogen and oxygen atoms in total. The quantitative estimate of drug-likeness (QED) is 0.627. The van der Waals surface area contributed by atoms with Crippen LogP contribution in [0.25, 0.3) is 10.9 Å². The maximum absolute atomic E-state index is 13.8. The fourth-order valence-corrected chi connectivity index (χ4v) is 6.22. The minimum Gasteiger partial charge on any atom is -0.356 e. The van der Waals surface area contributed by atoms with Gasteiger partial charge in [-0.3, -0.25) is 9.59 Å².